The summed E-state index contributed by atoms with van der Waals surface area (Å²) in [7, 11) is -3.55. The van der Waals surface area contributed by atoms with E-state index in [4.69, 9.17) is 9.47 Å². The van der Waals surface area contributed by atoms with E-state index < -0.39 is 10.0 Å². The van der Waals surface area contributed by atoms with Crippen LogP contribution in [0.1, 0.15) is 6.92 Å². The molecule has 1 atom stereocenters. The molecule has 0 spiro atoms. The minimum absolute atomic E-state index is 0.143. The van der Waals surface area contributed by atoms with E-state index in [0.29, 0.717) is 48.8 Å². The Balaban J connectivity index is 1.98. The number of ether oxygens (including phenoxy) is 2. The Labute approximate surface area is 132 Å². The normalized spacial score (nSPS) is 23.0. The van der Waals surface area contributed by atoms with Gasteiger partial charge >= 0.3 is 0 Å². The Morgan fingerprint density at radius 2 is 1.95 bits per heavy atom. The number of benzene rings is 1. The van der Waals surface area contributed by atoms with Crippen LogP contribution in [-0.4, -0.2) is 51.6 Å². The first kappa shape index (κ1) is 15.1. The minimum atomic E-state index is -3.55. The second-order valence-electron chi connectivity index (χ2n) is 5.14. The van der Waals surface area contributed by atoms with E-state index in [-0.39, 0.29) is 10.9 Å². The lowest BCUT2D eigenvalue weighted by Crippen LogP contribution is -2.51. The first-order chi connectivity index (χ1) is 9.98. The van der Waals surface area contributed by atoms with Crippen molar-refractivity contribution in [2.45, 2.75) is 17.9 Å². The highest BCUT2D eigenvalue weighted by atomic mass is 79.9. The lowest BCUT2D eigenvalue weighted by molar-refractivity contribution is 0.171. The fourth-order valence-electron chi connectivity index (χ4n) is 2.50. The highest BCUT2D eigenvalue weighted by Crippen LogP contribution is 2.38. The van der Waals surface area contributed by atoms with Gasteiger partial charge in [-0.1, -0.05) is 0 Å². The predicted octanol–water partition coefficient (Wildman–Crippen LogP) is 1.20. The number of hydrogen-bond acceptors (Lipinski definition) is 5. The SMILES string of the molecule is C[C@H]1CN(S(=O)(=O)c2cc3c(cc2Br)OCCO3)CCN1. The Kier molecular flexibility index (Phi) is 4.13. The molecule has 2 aliphatic heterocycles. The van der Waals surface area contributed by atoms with Gasteiger partial charge < -0.3 is 14.8 Å². The van der Waals surface area contributed by atoms with Gasteiger partial charge in [0.05, 0.1) is 0 Å². The van der Waals surface area contributed by atoms with Crippen molar-refractivity contribution >= 4 is 26.0 Å². The molecule has 0 radical (unpaired) electrons. The molecular formula is C13H17BrN2O4S. The van der Waals surface area contributed by atoms with Gasteiger partial charge in [0, 0.05) is 36.2 Å². The Morgan fingerprint density at radius 3 is 2.62 bits per heavy atom. The van der Waals surface area contributed by atoms with E-state index in [2.05, 4.69) is 21.2 Å². The van der Waals surface area contributed by atoms with Gasteiger partial charge in [-0.2, -0.15) is 4.31 Å². The van der Waals surface area contributed by atoms with Gasteiger partial charge in [0.1, 0.15) is 18.1 Å². The molecule has 2 aliphatic rings. The van der Waals surface area contributed by atoms with Crippen LogP contribution in [0.5, 0.6) is 11.5 Å². The average Bonchev–Trinajstić information content (AvgIpc) is 2.46. The van der Waals surface area contributed by atoms with Crippen LogP contribution < -0.4 is 14.8 Å². The third-order valence-corrected chi connectivity index (χ3v) is 6.37. The third kappa shape index (κ3) is 2.90. The lowest BCUT2D eigenvalue weighted by atomic mass is 10.3. The number of nitrogens with zero attached hydrogens (tertiary/aromatic N) is 1. The van der Waals surface area contributed by atoms with Crippen LogP contribution in [0, 0.1) is 0 Å². The third-order valence-electron chi connectivity index (χ3n) is 3.55. The van der Waals surface area contributed by atoms with Gasteiger partial charge in [0.25, 0.3) is 0 Å². The maximum atomic E-state index is 12.8. The summed E-state index contributed by atoms with van der Waals surface area (Å²) in [6.45, 7) is 4.46. The van der Waals surface area contributed by atoms with E-state index in [1.165, 1.54) is 4.31 Å². The molecule has 0 aromatic heterocycles. The maximum absolute atomic E-state index is 12.8. The van der Waals surface area contributed by atoms with E-state index in [1.54, 1.807) is 12.1 Å². The highest BCUT2D eigenvalue weighted by Gasteiger charge is 2.31. The second kappa shape index (κ2) is 5.75. The molecule has 1 saturated heterocycles. The molecule has 1 N–H and O–H groups in total. The van der Waals surface area contributed by atoms with Gasteiger partial charge in [-0.25, -0.2) is 8.42 Å². The molecule has 21 heavy (non-hydrogen) atoms. The summed E-state index contributed by atoms with van der Waals surface area (Å²) in [4.78, 5) is 0.223. The van der Waals surface area contributed by atoms with E-state index in [0.717, 1.165) is 0 Å². The molecule has 1 aromatic rings. The number of piperazine rings is 1. The number of rotatable bonds is 2. The van der Waals surface area contributed by atoms with Crippen molar-refractivity contribution in [1.82, 2.24) is 9.62 Å². The Morgan fingerprint density at radius 1 is 1.29 bits per heavy atom. The summed E-state index contributed by atoms with van der Waals surface area (Å²) < 4.78 is 38.6. The van der Waals surface area contributed by atoms with Crippen LogP contribution in [0.4, 0.5) is 0 Å². The van der Waals surface area contributed by atoms with Gasteiger partial charge in [-0.05, 0) is 28.9 Å². The van der Waals surface area contributed by atoms with Crippen LogP contribution in [0.25, 0.3) is 0 Å². The second-order valence-corrected chi connectivity index (χ2v) is 7.91. The zero-order valence-electron chi connectivity index (χ0n) is 11.6. The molecule has 1 fully saturated rings. The molecule has 0 saturated carbocycles. The van der Waals surface area contributed by atoms with Gasteiger partial charge in [-0.3, -0.25) is 0 Å². The molecule has 1 aromatic carbocycles. The summed E-state index contributed by atoms with van der Waals surface area (Å²) in [6, 6.07) is 3.35. The van der Waals surface area contributed by atoms with Crippen LogP contribution >= 0.6 is 15.9 Å². The number of sulfonamides is 1. The quantitative estimate of drug-likeness (QED) is 0.839. The molecule has 6 nitrogen and oxygen atoms in total. The fourth-order valence-corrected chi connectivity index (χ4v) is 5.02. The number of nitrogens with one attached hydrogen (secondary N) is 1. The van der Waals surface area contributed by atoms with E-state index >= 15 is 0 Å². The van der Waals surface area contributed by atoms with Crippen LogP contribution in [-0.2, 0) is 10.0 Å². The van der Waals surface area contributed by atoms with Crippen molar-refractivity contribution in [2.75, 3.05) is 32.8 Å². The van der Waals surface area contributed by atoms with Crippen molar-refractivity contribution in [2.24, 2.45) is 0 Å². The van der Waals surface area contributed by atoms with Crippen LogP contribution in [0.2, 0.25) is 0 Å². The summed E-state index contributed by atoms with van der Waals surface area (Å²) >= 11 is 3.34. The number of halogens is 1. The van der Waals surface area contributed by atoms with Gasteiger partial charge in [0.15, 0.2) is 11.5 Å². The average molecular weight is 377 g/mol. The predicted molar refractivity (Wildman–Crippen MR) is 81.4 cm³/mol. The Bertz CT molecular complexity index is 650. The van der Waals surface area contributed by atoms with Gasteiger partial charge in [0.2, 0.25) is 10.0 Å². The molecule has 8 heteroatoms. The monoisotopic (exact) mass is 376 g/mol. The molecule has 3 rings (SSSR count). The summed E-state index contributed by atoms with van der Waals surface area (Å²) in [6.07, 6.45) is 0. The minimum Gasteiger partial charge on any atom is -0.486 e. The molecule has 0 aliphatic carbocycles. The first-order valence-electron chi connectivity index (χ1n) is 6.81. The van der Waals surface area contributed by atoms with E-state index in [1.807, 2.05) is 6.92 Å². The summed E-state index contributed by atoms with van der Waals surface area (Å²) in [5.41, 5.74) is 0. The highest BCUT2D eigenvalue weighted by molar-refractivity contribution is 9.10. The van der Waals surface area contributed by atoms with Crippen molar-refractivity contribution in [3.63, 3.8) is 0 Å². The van der Waals surface area contributed by atoms with Crippen molar-refractivity contribution in [3.05, 3.63) is 16.6 Å². The van der Waals surface area contributed by atoms with Crippen molar-refractivity contribution < 1.29 is 17.9 Å². The molecular weight excluding hydrogens is 360 g/mol. The largest absolute Gasteiger partial charge is 0.486 e. The lowest BCUT2D eigenvalue weighted by Gasteiger charge is -2.31. The molecule has 0 unspecified atom stereocenters. The zero-order valence-corrected chi connectivity index (χ0v) is 14.0. The Hall–Kier alpha value is -0.830. The van der Waals surface area contributed by atoms with Gasteiger partial charge in [-0.15, -0.1) is 0 Å². The smallest absolute Gasteiger partial charge is 0.244 e. The topological polar surface area (TPSA) is 67.9 Å². The zero-order chi connectivity index (χ0) is 15.0. The van der Waals surface area contributed by atoms with E-state index in [9.17, 15) is 8.42 Å². The summed E-state index contributed by atoms with van der Waals surface area (Å²) in [5, 5.41) is 3.24. The molecule has 2 heterocycles. The summed E-state index contributed by atoms with van der Waals surface area (Å²) in [5.74, 6) is 1.05. The fraction of sp³-hybridized carbons (Fsp3) is 0.538. The molecule has 0 amide bonds. The standard InChI is InChI=1S/C13H17BrN2O4S/c1-9-8-16(3-2-15-9)21(17,18)13-7-12-11(6-10(13)14)19-4-5-20-12/h6-7,9,15H,2-5,8H2,1H3/t9-/m0/s1. The van der Waals surface area contributed by atoms with Crippen LogP contribution in [0.15, 0.2) is 21.5 Å². The molecule has 116 valence electrons. The number of hydrogen-bond donors (Lipinski definition) is 1. The van der Waals surface area contributed by atoms with Crippen LogP contribution in [0.3, 0.4) is 0 Å². The van der Waals surface area contributed by atoms with Crippen molar-refractivity contribution in [3.8, 4) is 11.5 Å². The maximum Gasteiger partial charge on any atom is 0.244 e. The molecule has 0 bridgehead atoms. The number of fused-ring (bicyclic) bond motifs is 1. The van der Waals surface area contributed by atoms with Crippen molar-refractivity contribution in [1.29, 1.82) is 0 Å². The first-order valence-corrected chi connectivity index (χ1v) is 9.04.